The highest BCUT2D eigenvalue weighted by molar-refractivity contribution is 9.10. The van der Waals surface area contributed by atoms with Crippen molar-refractivity contribution < 1.29 is 17.9 Å². The number of halogens is 1. The van der Waals surface area contributed by atoms with Gasteiger partial charge in [0.1, 0.15) is 0 Å². The van der Waals surface area contributed by atoms with E-state index in [-0.39, 0.29) is 16.4 Å². The second-order valence-corrected chi connectivity index (χ2v) is 6.73. The first-order valence-corrected chi connectivity index (χ1v) is 8.09. The van der Waals surface area contributed by atoms with E-state index in [1.54, 1.807) is 27.1 Å². The topological polar surface area (TPSA) is 89.7 Å². The summed E-state index contributed by atoms with van der Waals surface area (Å²) in [6.45, 7) is 2.43. The van der Waals surface area contributed by atoms with Gasteiger partial charge in [0.15, 0.2) is 0 Å². The van der Waals surface area contributed by atoms with Crippen molar-refractivity contribution in [2.24, 2.45) is 5.14 Å². The normalized spacial score (nSPS) is 11.4. The van der Waals surface area contributed by atoms with Crippen molar-refractivity contribution >= 4 is 31.9 Å². The number of amides is 1. The number of rotatable bonds is 5. The number of carbonyl (C=O) groups excluding carboxylic acids is 1. The molecule has 1 aromatic rings. The van der Waals surface area contributed by atoms with Crippen molar-refractivity contribution in [2.45, 2.75) is 11.8 Å². The summed E-state index contributed by atoms with van der Waals surface area (Å²) in [5.41, 5.74) is 0.730. The van der Waals surface area contributed by atoms with Crippen LogP contribution in [0.25, 0.3) is 0 Å². The molecule has 0 saturated carbocycles. The monoisotopic (exact) mass is 364 g/mol. The molecule has 20 heavy (non-hydrogen) atoms. The van der Waals surface area contributed by atoms with Crippen molar-refractivity contribution in [3.8, 4) is 0 Å². The smallest absolute Gasteiger partial charge is 0.253 e. The molecule has 2 N–H and O–H groups in total. The summed E-state index contributed by atoms with van der Waals surface area (Å²) < 4.78 is 28.5. The Morgan fingerprint density at radius 2 is 2.05 bits per heavy atom. The van der Waals surface area contributed by atoms with E-state index in [0.29, 0.717) is 23.2 Å². The molecule has 0 aliphatic rings. The molecule has 8 heteroatoms. The van der Waals surface area contributed by atoms with E-state index in [2.05, 4.69) is 15.9 Å². The lowest BCUT2D eigenvalue weighted by molar-refractivity contribution is 0.0744. The number of ether oxygens (including phenoxy) is 1. The van der Waals surface area contributed by atoms with Crippen LogP contribution in [-0.2, 0) is 14.8 Å². The van der Waals surface area contributed by atoms with Gasteiger partial charge in [-0.25, -0.2) is 13.6 Å². The van der Waals surface area contributed by atoms with Gasteiger partial charge in [-0.1, -0.05) is 15.9 Å². The van der Waals surface area contributed by atoms with Crippen LogP contribution in [-0.4, -0.2) is 46.5 Å². The highest BCUT2D eigenvalue weighted by Gasteiger charge is 2.19. The van der Waals surface area contributed by atoms with Crippen molar-refractivity contribution in [1.82, 2.24) is 4.90 Å². The Morgan fingerprint density at radius 1 is 1.45 bits per heavy atom. The first-order chi connectivity index (χ1) is 9.18. The molecule has 0 radical (unpaired) electrons. The van der Waals surface area contributed by atoms with Gasteiger partial charge in [-0.3, -0.25) is 4.79 Å². The van der Waals surface area contributed by atoms with E-state index in [0.717, 1.165) is 0 Å². The summed E-state index contributed by atoms with van der Waals surface area (Å²) in [7, 11) is -0.722. The average Bonchev–Trinajstić information content (AvgIpc) is 2.36. The quantitative estimate of drug-likeness (QED) is 0.847. The lowest BCUT2D eigenvalue weighted by atomic mass is 10.1. The number of likely N-dealkylation sites (N-methyl/N-ethyl adjacent to an activating group) is 1. The minimum atomic E-state index is -3.88. The fourth-order valence-electron chi connectivity index (χ4n) is 1.62. The highest BCUT2D eigenvalue weighted by atomic mass is 79.9. The van der Waals surface area contributed by atoms with E-state index >= 15 is 0 Å². The molecule has 0 bridgehead atoms. The second-order valence-electron chi connectivity index (χ2n) is 4.35. The molecule has 0 aliphatic heterocycles. The van der Waals surface area contributed by atoms with Gasteiger partial charge in [-0.2, -0.15) is 0 Å². The summed E-state index contributed by atoms with van der Waals surface area (Å²) in [6, 6.07) is 2.87. The van der Waals surface area contributed by atoms with E-state index in [4.69, 9.17) is 9.88 Å². The minimum Gasteiger partial charge on any atom is -0.383 e. The summed E-state index contributed by atoms with van der Waals surface area (Å²) >= 11 is 3.24. The Kier molecular flexibility index (Phi) is 5.69. The largest absolute Gasteiger partial charge is 0.383 e. The van der Waals surface area contributed by atoms with Crippen molar-refractivity contribution in [2.75, 3.05) is 27.3 Å². The lowest BCUT2D eigenvalue weighted by Gasteiger charge is -2.18. The van der Waals surface area contributed by atoms with Gasteiger partial charge in [0.05, 0.1) is 11.5 Å². The molecule has 0 spiro atoms. The Hall–Kier alpha value is -0.960. The van der Waals surface area contributed by atoms with Crippen molar-refractivity contribution in [1.29, 1.82) is 0 Å². The van der Waals surface area contributed by atoms with Gasteiger partial charge >= 0.3 is 0 Å². The van der Waals surface area contributed by atoms with Crippen LogP contribution in [0.4, 0.5) is 0 Å². The molecule has 1 rings (SSSR count). The number of benzene rings is 1. The molecule has 0 fully saturated rings. The van der Waals surface area contributed by atoms with Crippen molar-refractivity contribution in [3.05, 3.63) is 27.7 Å². The molecular weight excluding hydrogens is 348 g/mol. The number of methoxy groups -OCH3 is 1. The van der Waals surface area contributed by atoms with Crippen LogP contribution in [0.5, 0.6) is 0 Å². The molecular formula is C12H17BrN2O4S. The molecule has 0 aromatic heterocycles. The zero-order valence-electron chi connectivity index (χ0n) is 11.5. The zero-order valence-corrected chi connectivity index (χ0v) is 13.9. The van der Waals surface area contributed by atoms with Crippen LogP contribution < -0.4 is 5.14 Å². The number of nitrogens with two attached hydrogens (primary N) is 1. The maximum atomic E-state index is 12.2. The maximum Gasteiger partial charge on any atom is 0.253 e. The standard InChI is InChI=1S/C12H17BrN2O4S/c1-8-10(13)6-9(7-11(8)20(14,17)18)12(16)15(2)4-5-19-3/h6-7H,4-5H2,1-3H3,(H2,14,17,18). The fourth-order valence-corrected chi connectivity index (χ4v) is 3.04. The molecule has 112 valence electrons. The van der Waals surface area contributed by atoms with Crippen LogP contribution in [0, 0.1) is 6.92 Å². The molecule has 6 nitrogen and oxygen atoms in total. The molecule has 0 atom stereocenters. The molecule has 0 heterocycles. The first-order valence-electron chi connectivity index (χ1n) is 5.75. The lowest BCUT2D eigenvalue weighted by Crippen LogP contribution is -2.30. The fraction of sp³-hybridized carbons (Fsp3) is 0.417. The number of hydrogen-bond donors (Lipinski definition) is 1. The van der Waals surface area contributed by atoms with Gasteiger partial charge in [-0.05, 0) is 24.6 Å². The van der Waals surface area contributed by atoms with Gasteiger partial charge < -0.3 is 9.64 Å². The molecule has 1 aromatic carbocycles. The van der Waals surface area contributed by atoms with Crippen molar-refractivity contribution in [3.63, 3.8) is 0 Å². The van der Waals surface area contributed by atoms with Crippen LogP contribution in [0.3, 0.4) is 0 Å². The molecule has 0 unspecified atom stereocenters. The van der Waals surface area contributed by atoms with E-state index in [1.807, 2.05) is 0 Å². The maximum absolute atomic E-state index is 12.2. The van der Waals surface area contributed by atoms with Gasteiger partial charge in [-0.15, -0.1) is 0 Å². The third-order valence-corrected chi connectivity index (χ3v) is 4.69. The van der Waals surface area contributed by atoms with Crippen LogP contribution in [0.1, 0.15) is 15.9 Å². The van der Waals surface area contributed by atoms with Crippen LogP contribution >= 0.6 is 15.9 Å². The third-order valence-electron chi connectivity index (χ3n) is 2.83. The number of nitrogens with zero attached hydrogens (tertiary/aromatic N) is 1. The first kappa shape index (κ1) is 17.1. The predicted molar refractivity (Wildman–Crippen MR) is 79.1 cm³/mol. The van der Waals surface area contributed by atoms with Gasteiger partial charge in [0.25, 0.3) is 5.91 Å². The van der Waals surface area contributed by atoms with E-state index < -0.39 is 10.0 Å². The summed E-state index contributed by atoms with van der Waals surface area (Å²) in [4.78, 5) is 13.6. The summed E-state index contributed by atoms with van der Waals surface area (Å²) in [5.74, 6) is -0.298. The Bertz CT molecular complexity index is 616. The highest BCUT2D eigenvalue weighted by Crippen LogP contribution is 2.25. The van der Waals surface area contributed by atoms with Gasteiger partial charge in [0.2, 0.25) is 10.0 Å². The molecule has 0 aliphatic carbocycles. The summed E-state index contributed by atoms with van der Waals surface area (Å²) in [5, 5.41) is 5.16. The molecule has 0 saturated heterocycles. The van der Waals surface area contributed by atoms with E-state index in [1.165, 1.54) is 11.0 Å². The van der Waals surface area contributed by atoms with Crippen LogP contribution in [0.2, 0.25) is 0 Å². The zero-order chi connectivity index (χ0) is 15.5. The number of primary sulfonamides is 1. The predicted octanol–water partition coefficient (Wildman–Crippen LogP) is 1.12. The second kappa shape index (κ2) is 6.66. The van der Waals surface area contributed by atoms with E-state index in [9.17, 15) is 13.2 Å². The minimum absolute atomic E-state index is 0.0598. The third kappa shape index (κ3) is 4.02. The molecule has 1 amide bonds. The number of hydrogen-bond acceptors (Lipinski definition) is 4. The van der Waals surface area contributed by atoms with Crippen LogP contribution in [0.15, 0.2) is 21.5 Å². The number of sulfonamides is 1. The SMILES string of the molecule is COCCN(C)C(=O)c1cc(Br)c(C)c(S(N)(=O)=O)c1. The Morgan fingerprint density at radius 3 is 2.55 bits per heavy atom. The Balaban J connectivity index is 3.21. The average molecular weight is 365 g/mol. The number of carbonyl (C=O) groups is 1. The van der Waals surface area contributed by atoms with Gasteiger partial charge in [0, 0.05) is 30.7 Å². The Labute approximate surface area is 127 Å². The summed E-state index contributed by atoms with van der Waals surface area (Å²) in [6.07, 6.45) is 0.